The fraction of sp³-hybridized carbons (Fsp3) is 0.0435. The molecule has 0 fully saturated rings. The van der Waals surface area contributed by atoms with Gasteiger partial charge in [0.15, 0.2) is 23.3 Å². The van der Waals surface area contributed by atoms with Crippen LogP contribution in [0.15, 0.2) is 69.4 Å². The monoisotopic (exact) mass is 472 g/mol. The molecule has 0 saturated heterocycles. The van der Waals surface area contributed by atoms with E-state index in [1.165, 1.54) is 25.1 Å². The van der Waals surface area contributed by atoms with Crippen LogP contribution in [0.4, 0.5) is 39.0 Å². The minimum atomic E-state index is -2.35. The maximum atomic E-state index is 14.2. The van der Waals surface area contributed by atoms with Crippen molar-refractivity contribution in [2.45, 2.75) is 6.92 Å². The van der Waals surface area contributed by atoms with E-state index in [0.717, 1.165) is 6.08 Å². The van der Waals surface area contributed by atoms with Gasteiger partial charge in [-0.1, -0.05) is 18.2 Å². The van der Waals surface area contributed by atoms with E-state index in [1.54, 1.807) is 24.3 Å². The summed E-state index contributed by atoms with van der Waals surface area (Å²) in [5.41, 5.74) is -0.852. The van der Waals surface area contributed by atoms with Crippen molar-refractivity contribution >= 4 is 34.8 Å². The van der Waals surface area contributed by atoms with Gasteiger partial charge in [-0.25, -0.2) is 22.0 Å². The van der Waals surface area contributed by atoms with Crippen molar-refractivity contribution in [2.75, 3.05) is 5.01 Å². The lowest BCUT2D eigenvalue weighted by Crippen LogP contribution is -2.25. The van der Waals surface area contributed by atoms with Gasteiger partial charge in [-0.3, -0.25) is 4.79 Å². The van der Waals surface area contributed by atoms with Crippen molar-refractivity contribution in [1.82, 2.24) is 0 Å². The minimum Gasteiger partial charge on any atom is -0.507 e. The van der Waals surface area contributed by atoms with Gasteiger partial charge in [-0.15, -0.1) is 0 Å². The molecular formula is C23H13F5N4O2. The van der Waals surface area contributed by atoms with Crippen molar-refractivity contribution in [3.63, 3.8) is 0 Å². The average molecular weight is 472 g/mol. The van der Waals surface area contributed by atoms with E-state index in [0.29, 0.717) is 11.4 Å². The zero-order valence-corrected chi connectivity index (χ0v) is 17.2. The lowest BCUT2D eigenvalue weighted by Gasteiger charge is -2.15. The van der Waals surface area contributed by atoms with Crippen LogP contribution in [0, 0.1) is 29.1 Å². The first-order chi connectivity index (χ1) is 16.2. The Labute approximate surface area is 189 Å². The number of phenolic OH excluding ortho intramolecular Hbond substituents is 1. The summed E-state index contributed by atoms with van der Waals surface area (Å²) in [5, 5.41) is 22.0. The van der Waals surface area contributed by atoms with Crippen molar-refractivity contribution < 1.29 is 31.9 Å². The lowest BCUT2D eigenvalue weighted by atomic mass is 10.1. The Balaban J connectivity index is 1.70. The molecule has 3 aromatic carbocycles. The largest absolute Gasteiger partial charge is 0.507 e. The van der Waals surface area contributed by atoms with Gasteiger partial charge in [0.05, 0.1) is 22.7 Å². The summed E-state index contributed by atoms with van der Waals surface area (Å²) in [6.07, 6.45) is 1.16. The zero-order chi connectivity index (χ0) is 24.6. The zero-order valence-electron chi connectivity index (χ0n) is 17.2. The second kappa shape index (κ2) is 8.85. The molecule has 0 aliphatic carbocycles. The molecule has 1 heterocycles. The lowest BCUT2D eigenvalue weighted by molar-refractivity contribution is -0.114. The summed E-state index contributed by atoms with van der Waals surface area (Å²) >= 11 is 0. The Bertz CT molecular complexity index is 1380. The summed E-state index contributed by atoms with van der Waals surface area (Å²) in [6, 6.07) is 12.9. The number of rotatable bonds is 4. The Morgan fingerprint density at radius 3 is 2.09 bits per heavy atom. The maximum absolute atomic E-state index is 14.2. The van der Waals surface area contributed by atoms with Crippen LogP contribution in [-0.4, -0.2) is 16.7 Å². The number of amides is 1. The second-order valence-electron chi connectivity index (χ2n) is 7.06. The molecule has 0 saturated carbocycles. The van der Waals surface area contributed by atoms with E-state index in [9.17, 15) is 31.9 Å². The molecule has 1 aliphatic rings. The van der Waals surface area contributed by atoms with Crippen LogP contribution in [0.5, 0.6) is 5.75 Å². The molecule has 0 atom stereocenters. The number of hydrogen-bond donors (Lipinski definition) is 1. The number of hydrogen-bond acceptors (Lipinski definition) is 5. The highest BCUT2D eigenvalue weighted by Gasteiger charge is 2.37. The Kier molecular flexibility index (Phi) is 5.93. The number of anilines is 1. The molecule has 0 bridgehead atoms. The van der Waals surface area contributed by atoms with Crippen LogP contribution in [0.3, 0.4) is 0 Å². The van der Waals surface area contributed by atoms with Gasteiger partial charge in [0.25, 0.3) is 5.91 Å². The van der Waals surface area contributed by atoms with E-state index < -0.39 is 40.7 Å². The normalized spacial score (nSPS) is 15.0. The molecular weight excluding hydrogens is 459 g/mol. The third-order valence-corrected chi connectivity index (χ3v) is 4.81. The quantitative estimate of drug-likeness (QED) is 0.159. The molecule has 1 aliphatic heterocycles. The van der Waals surface area contributed by atoms with Crippen LogP contribution in [-0.2, 0) is 4.79 Å². The molecule has 0 radical (unpaired) electrons. The maximum Gasteiger partial charge on any atom is 0.280 e. The standard InChI is InChI=1S/C23H13F5N4O2/c1-11-15(23(34)32(31-11)22-20(27)18(25)17(24)19(26)21(22)28)10-12-9-14(7-8-16(12)33)30-29-13-5-3-2-4-6-13/h2-10,33H,1H3/b15-10+,30-29?. The number of carbonyl (C=O) groups excluding carboxylic acids is 1. The number of carbonyl (C=O) groups is 1. The summed E-state index contributed by atoms with van der Waals surface area (Å²) in [4.78, 5) is 12.8. The SMILES string of the molecule is CC1=NN(c2c(F)c(F)c(F)c(F)c2F)C(=O)/C1=C/c1cc(N=Nc2ccccc2)ccc1O. The molecule has 6 nitrogen and oxygen atoms in total. The van der Waals surface area contributed by atoms with Crippen LogP contribution in [0.2, 0.25) is 0 Å². The van der Waals surface area contributed by atoms with Crippen molar-refractivity contribution in [3.8, 4) is 5.75 Å². The smallest absolute Gasteiger partial charge is 0.280 e. The molecule has 4 rings (SSSR count). The van der Waals surface area contributed by atoms with Crippen LogP contribution in [0.1, 0.15) is 12.5 Å². The van der Waals surface area contributed by atoms with E-state index >= 15 is 0 Å². The third kappa shape index (κ3) is 4.03. The summed E-state index contributed by atoms with van der Waals surface area (Å²) in [6.45, 7) is 1.30. The van der Waals surface area contributed by atoms with E-state index in [1.807, 2.05) is 6.07 Å². The number of benzene rings is 3. The van der Waals surface area contributed by atoms with Crippen molar-refractivity contribution in [3.05, 3.63) is 88.8 Å². The fourth-order valence-corrected chi connectivity index (χ4v) is 3.10. The van der Waals surface area contributed by atoms with Gasteiger partial charge in [0, 0.05) is 5.56 Å². The average Bonchev–Trinajstić information content (AvgIpc) is 3.10. The number of hydrazone groups is 1. The summed E-state index contributed by atoms with van der Waals surface area (Å²) in [5.74, 6) is -12.6. The molecule has 1 amide bonds. The predicted molar refractivity (Wildman–Crippen MR) is 114 cm³/mol. The number of aromatic hydroxyl groups is 1. The molecule has 0 unspecified atom stereocenters. The molecule has 0 spiro atoms. The van der Waals surface area contributed by atoms with E-state index in [4.69, 9.17) is 0 Å². The van der Waals surface area contributed by atoms with Gasteiger partial charge in [-0.05, 0) is 43.3 Å². The summed E-state index contributed by atoms with van der Waals surface area (Å²) in [7, 11) is 0. The van der Waals surface area contributed by atoms with Gasteiger partial charge in [-0.2, -0.15) is 20.3 Å². The predicted octanol–water partition coefficient (Wildman–Crippen LogP) is 6.31. The number of halogens is 5. The second-order valence-corrected chi connectivity index (χ2v) is 7.06. The van der Waals surface area contributed by atoms with E-state index in [2.05, 4.69) is 15.3 Å². The van der Waals surface area contributed by atoms with Gasteiger partial charge in [0.2, 0.25) is 5.82 Å². The van der Waals surface area contributed by atoms with Crippen LogP contribution < -0.4 is 5.01 Å². The first-order valence-corrected chi connectivity index (χ1v) is 9.62. The minimum absolute atomic E-state index is 0.0790. The first kappa shape index (κ1) is 22.8. The first-order valence-electron chi connectivity index (χ1n) is 9.62. The molecule has 34 heavy (non-hydrogen) atoms. The molecule has 3 aromatic rings. The van der Waals surface area contributed by atoms with Crippen molar-refractivity contribution in [2.24, 2.45) is 15.3 Å². The highest BCUT2D eigenvalue weighted by atomic mass is 19.2. The van der Waals surface area contributed by atoms with Crippen LogP contribution in [0.25, 0.3) is 6.08 Å². The Morgan fingerprint density at radius 1 is 0.853 bits per heavy atom. The highest BCUT2D eigenvalue weighted by molar-refractivity contribution is 6.32. The summed E-state index contributed by atoms with van der Waals surface area (Å²) < 4.78 is 68.9. The molecule has 11 heteroatoms. The van der Waals surface area contributed by atoms with Gasteiger partial charge < -0.3 is 5.11 Å². The molecule has 172 valence electrons. The Hall–Kier alpha value is -4.41. The highest BCUT2D eigenvalue weighted by Crippen LogP contribution is 2.35. The van der Waals surface area contributed by atoms with E-state index in [-0.39, 0.29) is 27.6 Å². The van der Waals surface area contributed by atoms with Gasteiger partial charge >= 0.3 is 0 Å². The molecule has 1 N–H and O–H groups in total. The third-order valence-electron chi connectivity index (χ3n) is 4.81. The van der Waals surface area contributed by atoms with Crippen LogP contribution >= 0.6 is 0 Å². The number of phenols is 1. The topological polar surface area (TPSA) is 77.6 Å². The molecule has 0 aromatic heterocycles. The van der Waals surface area contributed by atoms with Crippen molar-refractivity contribution in [1.29, 1.82) is 0 Å². The number of azo groups is 1. The van der Waals surface area contributed by atoms with Gasteiger partial charge in [0.1, 0.15) is 11.4 Å². The Morgan fingerprint density at radius 2 is 1.44 bits per heavy atom. The fourth-order valence-electron chi connectivity index (χ4n) is 3.10. The number of nitrogens with zero attached hydrogens (tertiary/aromatic N) is 4.